The van der Waals surface area contributed by atoms with Crippen LogP contribution in [0.3, 0.4) is 0 Å². The predicted octanol–water partition coefficient (Wildman–Crippen LogP) is 3.10. The molecule has 1 saturated heterocycles. The van der Waals surface area contributed by atoms with Crippen LogP contribution in [0.2, 0.25) is 0 Å². The van der Waals surface area contributed by atoms with Crippen LogP contribution < -0.4 is 16.4 Å². The number of anilines is 2. The van der Waals surface area contributed by atoms with Crippen molar-refractivity contribution >= 4 is 23.2 Å². The second-order valence-electron chi connectivity index (χ2n) is 7.99. The predicted molar refractivity (Wildman–Crippen MR) is 109 cm³/mol. The molecular formula is C21H32N4O2. The zero-order chi connectivity index (χ0) is 19.1. The Kier molecular flexibility index (Phi) is 6.85. The van der Waals surface area contributed by atoms with Crippen molar-refractivity contribution in [3.63, 3.8) is 0 Å². The maximum atomic E-state index is 12.6. The molecule has 0 spiro atoms. The smallest absolute Gasteiger partial charge is 0.244 e. The fraction of sp³-hybridized carbons (Fsp3) is 0.619. The van der Waals surface area contributed by atoms with E-state index in [0.717, 1.165) is 58.0 Å². The molecule has 0 bridgehead atoms. The average Bonchev–Trinajstić information content (AvgIpc) is 2.91. The molecule has 1 saturated carbocycles. The molecule has 1 aliphatic heterocycles. The molecule has 3 rings (SSSR count). The van der Waals surface area contributed by atoms with Crippen LogP contribution in [0.1, 0.15) is 57.8 Å². The molecule has 0 radical (unpaired) electrons. The summed E-state index contributed by atoms with van der Waals surface area (Å²) in [5, 5.41) is 5.88. The van der Waals surface area contributed by atoms with Gasteiger partial charge in [-0.1, -0.05) is 38.2 Å². The van der Waals surface area contributed by atoms with Crippen LogP contribution in [0.4, 0.5) is 11.4 Å². The third-order valence-electron chi connectivity index (χ3n) is 5.67. The molecule has 0 unspecified atom stereocenters. The Morgan fingerprint density at radius 3 is 2.19 bits per heavy atom. The lowest BCUT2D eigenvalue weighted by Gasteiger charge is -2.31. The minimum absolute atomic E-state index is 0.0112. The molecule has 1 aromatic carbocycles. The van der Waals surface area contributed by atoms with E-state index in [1.807, 2.05) is 18.2 Å². The molecule has 2 aliphatic rings. The zero-order valence-electron chi connectivity index (χ0n) is 16.1. The van der Waals surface area contributed by atoms with Gasteiger partial charge in [0.25, 0.3) is 0 Å². The topological polar surface area (TPSA) is 87.5 Å². The third kappa shape index (κ3) is 5.78. The minimum atomic E-state index is -0.774. The van der Waals surface area contributed by atoms with Gasteiger partial charge in [0.05, 0.1) is 12.1 Å². The van der Waals surface area contributed by atoms with Crippen molar-refractivity contribution < 1.29 is 9.59 Å². The highest BCUT2D eigenvalue weighted by molar-refractivity contribution is 5.99. The van der Waals surface area contributed by atoms with Gasteiger partial charge in [-0.2, -0.15) is 0 Å². The summed E-state index contributed by atoms with van der Waals surface area (Å²) in [5.41, 5.74) is 6.89. The van der Waals surface area contributed by atoms with E-state index in [-0.39, 0.29) is 11.8 Å². The first-order chi connectivity index (χ1) is 13.0. The van der Waals surface area contributed by atoms with Gasteiger partial charge >= 0.3 is 0 Å². The van der Waals surface area contributed by atoms with Crippen molar-refractivity contribution in [3.05, 3.63) is 24.3 Å². The summed E-state index contributed by atoms with van der Waals surface area (Å²) in [4.78, 5) is 27.2. The summed E-state index contributed by atoms with van der Waals surface area (Å²) >= 11 is 0. The third-order valence-corrected chi connectivity index (χ3v) is 5.67. The van der Waals surface area contributed by atoms with Gasteiger partial charge in [-0.05, 0) is 57.0 Å². The van der Waals surface area contributed by atoms with Crippen molar-refractivity contribution in [2.45, 2.75) is 63.3 Å². The Balaban J connectivity index is 1.55. The van der Waals surface area contributed by atoms with Crippen LogP contribution >= 0.6 is 0 Å². The molecule has 2 amide bonds. The SMILES string of the molecule is NC1(C(=O)Nc2cccc(NC(=O)CN3CCCCCC3)c2)CCCCC1. The number of rotatable bonds is 5. The number of nitrogens with one attached hydrogen (secondary N) is 2. The van der Waals surface area contributed by atoms with Crippen molar-refractivity contribution in [1.29, 1.82) is 0 Å². The number of hydrogen-bond acceptors (Lipinski definition) is 4. The minimum Gasteiger partial charge on any atom is -0.325 e. The number of benzene rings is 1. The van der Waals surface area contributed by atoms with Crippen molar-refractivity contribution in [2.24, 2.45) is 5.73 Å². The van der Waals surface area contributed by atoms with E-state index in [0.29, 0.717) is 17.9 Å². The summed E-state index contributed by atoms with van der Waals surface area (Å²) in [6.07, 6.45) is 9.42. The van der Waals surface area contributed by atoms with E-state index >= 15 is 0 Å². The Morgan fingerprint density at radius 2 is 1.52 bits per heavy atom. The Morgan fingerprint density at radius 1 is 0.926 bits per heavy atom. The summed E-state index contributed by atoms with van der Waals surface area (Å²) in [6.45, 7) is 2.40. The maximum absolute atomic E-state index is 12.6. The Bertz CT molecular complexity index is 647. The van der Waals surface area contributed by atoms with Crippen LogP contribution in [-0.4, -0.2) is 41.9 Å². The fourth-order valence-corrected chi connectivity index (χ4v) is 4.04. The molecular weight excluding hydrogens is 340 g/mol. The summed E-state index contributed by atoms with van der Waals surface area (Å²) < 4.78 is 0. The number of carbonyl (C=O) groups excluding carboxylic acids is 2. The quantitative estimate of drug-likeness (QED) is 0.741. The van der Waals surface area contributed by atoms with E-state index < -0.39 is 5.54 Å². The lowest BCUT2D eigenvalue weighted by molar-refractivity contribution is -0.122. The van der Waals surface area contributed by atoms with Gasteiger partial charge in [0, 0.05) is 11.4 Å². The molecule has 1 aromatic rings. The monoisotopic (exact) mass is 372 g/mol. The lowest BCUT2D eigenvalue weighted by atomic mass is 9.82. The van der Waals surface area contributed by atoms with E-state index in [9.17, 15) is 9.59 Å². The molecule has 2 fully saturated rings. The number of carbonyl (C=O) groups is 2. The van der Waals surface area contributed by atoms with Gasteiger partial charge in [-0.25, -0.2) is 0 Å². The van der Waals surface area contributed by atoms with Crippen molar-refractivity contribution in [2.75, 3.05) is 30.3 Å². The molecule has 4 N–H and O–H groups in total. The molecule has 1 aliphatic carbocycles. The summed E-state index contributed by atoms with van der Waals surface area (Å²) in [5.74, 6) is -0.141. The van der Waals surface area contributed by atoms with Gasteiger partial charge < -0.3 is 16.4 Å². The first-order valence-corrected chi connectivity index (χ1v) is 10.3. The van der Waals surface area contributed by atoms with E-state index in [2.05, 4.69) is 15.5 Å². The van der Waals surface area contributed by atoms with Crippen LogP contribution in [0, 0.1) is 0 Å². The maximum Gasteiger partial charge on any atom is 0.244 e. The Labute approximate surface area is 161 Å². The molecule has 0 atom stereocenters. The molecule has 6 heteroatoms. The number of amides is 2. The highest BCUT2D eigenvalue weighted by Crippen LogP contribution is 2.27. The number of nitrogens with two attached hydrogens (primary N) is 1. The highest BCUT2D eigenvalue weighted by Gasteiger charge is 2.35. The second-order valence-corrected chi connectivity index (χ2v) is 7.99. The van der Waals surface area contributed by atoms with E-state index in [1.54, 1.807) is 6.07 Å². The average molecular weight is 373 g/mol. The first-order valence-electron chi connectivity index (χ1n) is 10.3. The first kappa shape index (κ1) is 19.8. The highest BCUT2D eigenvalue weighted by atomic mass is 16.2. The normalized spacial score (nSPS) is 20.5. The molecule has 27 heavy (non-hydrogen) atoms. The molecule has 148 valence electrons. The lowest BCUT2D eigenvalue weighted by Crippen LogP contribution is -2.52. The van der Waals surface area contributed by atoms with Crippen LogP contribution in [0.5, 0.6) is 0 Å². The van der Waals surface area contributed by atoms with Crippen LogP contribution in [0.15, 0.2) is 24.3 Å². The molecule has 1 heterocycles. The van der Waals surface area contributed by atoms with E-state index in [4.69, 9.17) is 5.73 Å². The molecule has 0 aromatic heterocycles. The summed E-state index contributed by atoms with van der Waals surface area (Å²) in [7, 11) is 0. The summed E-state index contributed by atoms with van der Waals surface area (Å²) in [6, 6.07) is 7.30. The van der Waals surface area contributed by atoms with E-state index in [1.165, 1.54) is 12.8 Å². The van der Waals surface area contributed by atoms with Gasteiger partial charge in [0.1, 0.15) is 0 Å². The molecule has 6 nitrogen and oxygen atoms in total. The Hall–Kier alpha value is -1.92. The largest absolute Gasteiger partial charge is 0.325 e. The van der Waals surface area contributed by atoms with Crippen molar-refractivity contribution in [3.8, 4) is 0 Å². The fourth-order valence-electron chi connectivity index (χ4n) is 4.04. The van der Waals surface area contributed by atoms with Crippen LogP contribution in [-0.2, 0) is 9.59 Å². The number of hydrogen-bond donors (Lipinski definition) is 3. The van der Waals surface area contributed by atoms with Crippen molar-refractivity contribution in [1.82, 2.24) is 4.90 Å². The standard InChI is InChI=1S/C21H32N4O2/c22-21(11-4-3-5-12-21)20(27)24-18-10-8-9-17(15-18)23-19(26)16-25-13-6-1-2-7-14-25/h8-10,15H,1-7,11-14,16,22H2,(H,23,26)(H,24,27). The number of nitrogens with zero attached hydrogens (tertiary/aromatic N) is 1. The van der Waals surface area contributed by atoms with Gasteiger partial charge in [-0.15, -0.1) is 0 Å². The second kappa shape index (κ2) is 9.33. The van der Waals surface area contributed by atoms with Gasteiger partial charge in [0.15, 0.2) is 0 Å². The van der Waals surface area contributed by atoms with Gasteiger partial charge in [0.2, 0.25) is 11.8 Å². The number of likely N-dealkylation sites (tertiary alicyclic amines) is 1. The van der Waals surface area contributed by atoms with Crippen LogP contribution in [0.25, 0.3) is 0 Å². The zero-order valence-corrected chi connectivity index (χ0v) is 16.1. The van der Waals surface area contributed by atoms with Gasteiger partial charge in [-0.3, -0.25) is 14.5 Å².